The molecule has 7 heteroatoms. The largest absolute Gasteiger partial charge is 0.354 e. The topological polar surface area (TPSA) is 56.7 Å². The normalized spacial score (nSPS) is 13.5. The van der Waals surface area contributed by atoms with Gasteiger partial charge in [-0.1, -0.05) is 11.6 Å². The molecule has 0 saturated carbocycles. The third kappa shape index (κ3) is 4.82. The third-order valence-corrected chi connectivity index (χ3v) is 3.11. The van der Waals surface area contributed by atoms with Crippen molar-refractivity contribution >= 4 is 47.4 Å². The number of hydrogen-bond donors (Lipinski definition) is 2. The maximum Gasteiger partial charge on any atom is 0.251 e. The van der Waals surface area contributed by atoms with Crippen LogP contribution in [0.25, 0.3) is 0 Å². The number of rotatable bonds is 4. The van der Waals surface area contributed by atoms with Gasteiger partial charge in [0.25, 0.3) is 5.91 Å². The smallest absolute Gasteiger partial charge is 0.251 e. The number of carbonyl (C=O) groups excluding carboxylic acids is 1. The van der Waals surface area contributed by atoms with E-state index in [-0.39, 0.29) is 29.9 Å². The molecule has 1 aliphatic rings. The van der Waals surface area contributed by atoms with Crippen molar-refractivity contribution in [3.05, 3.63) is 34.9 Å². The molecule has 0 atom stereocenters. The third-order valence-electron chi connectivity index (χ3n) is 2.86. The fourth-order valence-corrected chi connectivity index (χ4v) is 1.90. The predicted molar refractivity (Wildman–Crippen MR) is 92.1 cm³/mol. The van der Waals surface area contributed by atoms with E-state index in [0.29, 0.717) is 23.7 Å². The number of aliphatic imine (C=N–C) groups is 1. The standard InChI is InChI=1S/C13H17ClN4O.HI/c1-18-9-8-17-13(18)16-7-6-15-12(19)10-2-4-11(14)5-3-10;/h2-5H,6-9H2,1H3,(H,15,19)(H,16,17);1H. The quantitative estimate of drug-likeness (QED) is 0.587. The van der Waals surface area contributed by atoms with Crippen molar-refractivity contribution in [1.29, 1.82) is 0 Å². The highest BCUT2D eigenvalue weighted by molar-refractivity contribution is 14.0. The molecule has 0 saturated heterocycles. The summed E-state index contributed by atoms with van der Waals surface area (Å²) in [7, 11) is 1.99. The van der Waals surface area contributed by atoms with Crippen LogP contribution in [0.3, 0.4) is 0 Å². The van der Waals surface area contributed by atoms with E-state index in [4.69, 9.17) is 11.6 Å². The molecule has 1 aliphatic heterocycles. The first-order valence-corrected chi connectivity index (χ1v) is 6.58. The first-order valence-electron chi connectivity index (χ1n) is 6.20. The van der Waals surface area contributed by atoms with Gasteiger partial charge in [0.1, 0.15) is 0 Å². The Balaban J connectivity index is 0.00000200. The van der Waals surface area contributed by atoms with Gasteiger partial charge in [0, 0.05) is 37.3 Å². The molecule has 0 spiro atoms. The highest BCUT2D eigenvalue weighted by Crippen LogP contribution is 2.09. The van der Waals surface area contributed by atoms with Gasteiger partial charge in [0.15, 0.2) is 5.96 Å². The molecule has 1 heterocycles. The van der Waals surface area contributed by atoms with E-state index < -0.39 is 0 Å². The number of carbonyl (C=O) groups is 1. The molecule has 1 aromatic carbocycles. The number of likely N-dealkylation sites (N-methyl/N-ethyl adjacent to an activating group) is 1. The minimum Gasteiger partial charge on any atom is -0.354 e. The predicted octanol–water partition coefficient (Wildman–Crippen LogP) is 1.58. The molecule has 110 valence electrons. The Kier molecular flexibility index (Phi) is 7.08. The maximum atomic E-state index is 11.8. The number of halogens is 2. The average molecular weight is 409 g/mol. The first kappa shape index (κ1) is 17.0. The summed E-state index contributed by atoms with van der Waals surface area (Å²) in [6.45, 7) is 2.98. The van der Waals surface area contributed by atoms with Gasteiger partial charge in [-0.15, -0.1) is 24.0 Å². The summed E-state index contributed by atoms with van der Waals surface area (Å²) in [6.07, 6.45) is 0. The molecule has 1 amide bonds. The maximum absolute atomic E-state index is 11.8. The molecular formula is C13H18ClIN4O. The lowest BCUT2D eigenvalue weighted by molar-refractivity contribution is 0.0954. The van der Waals surface area contributed by atoms with Gasteiger partial charge < -0.3 is 15.5 Å². The van der Waals surface area contributed by atoms with Crippen LogP contribution in [0.1, 0.15) is 10.4 Å². The Hall–Kier alpha value is -1.02. The van der Waals surface area contributed by atoms with Crippen LogP contribution >= 0.6 is 35.6 Å². The van der Waals surface area contributed by atoms with Gasteiger partial charge in [-0.25, -0.2) is 0 Å². The zero-order valence-electron chi connectivity index (χ0n) is 11.2. The molecule has 2 rings (SSSR count). The summed E-state index contributed by atoms with van der Waals surface area (Å²) < 4.78 is 0. The first-order chi connectivity index (χ1) is 9.16. The summed E-state index contributed by atoms with van der Waals surface area (Å²) in [4.78, 5) is 18.2. The summed E-state index contributed by atoms with van der Waals surface area (Å²) in [5.41, 5.74) is 0.611. The lowest BCUT2D eigenvalue weighted by atomic mass is 10.2. The van der Waals surface area contributed by atoms with Gasteiger partial charge in [-0.05, 0) is 24.3 Å². The molecule has 0 aromatic heterocycles. The lowest BCUT2D eigenvalue weighted by Crippen LogP contribution is -2.40. The van der Waals surface area contributed by atoms with Crippen LogP contribution in [-0.4, -0.2) is 50.0 Å². The minimum atomic E-state index is -0.0971. The van der Waals surface area contributed by atoms with Gasteiger partial charge >= 0.3 is 0 Å². The molecular weight excluding hydrogens is 391 g/mol. The Morgan fingerprint density at radius 3 is 2.65 bits per heavy atom. The van der Waals surface area contributed by atoms with Crippen molar-refractivity contribution in [2.45, 2.75) is 0 Å². The molecule has 0 bridgehead atoms. The van der Waals surface area contributed by atoms with E-state index >= 15 is 0 Å². The molecule has 5 nitrogen and oxygen atoms in total. The minimum absolute atomic E-state index is 0. The van der Waals surface area contributed by atoms with E-state index in [0.717, 1.165) is 19.0 Å². The number of nitrogens with one attached hydrogen (secondary N) is 2. The van der Waals surface area contributed by atoms with Gasteiger partial charge in [0.2, 0.25) is 0 Å². The Labute approximate surface area is 140 Å². The van der Waals surface area contributed by atoms with Gasteiger partial charge in [0.05, 0.1) is 6.54 Å². The highest BCUT2D eigenvalue weighted by Gasteiger charge is 2.11. The monoisotopic (exact) mass is 408 g/mol. The van der Waals surface area contributed by atoms with E-state index in [2.05, 4.69) is 20.5 Å². The van der Waals surface area contributed by atoms with Crippen molar-refractivity contribution in [3.8, 4) is 0 Å². The van der Waals surface area contributed by atoms with Crippen molar-refractivity contribution < 1.29 is 4.79 Å². The van der Waals surface area contributed by atoms with E-state index in [9.17, 15) is 4.79 Å². The lowest BCUT2D eigenvalue weighted by Gasteiger charge is -2.15. The molecule has 0 unspecified atom stereocenters. The number of nitrogens with zero attached hydrogens (tertiary/aromatic N) is 2. The van der Waals surface area contributed by atoms with E-state index in [1.807, 2.05) is 7.05 Å². The van der Waals surface area contributed by atoms with Crippen molar-refractivity contribution in [2.75, 3.05) is 33.2 Å². The summed E-state index contributed by atoms with van der Waals surface area (Å²) in [5.74, 6) is 0.793. The second-order valence-corrected chi connectivity index (χ2v) is 4.75. The van der Waals surface area contributed by atoms with E-state index in [1.54, 1.807) is 24.3 Å². The van der Waals surface area contributed by atoms with Crippen LogP contribution in [0.5, 0.6) is 0 Å². The second kappa shape index (κ2) is 8.31. The fourth-order valence-electron chi connectivity index (χ4n) is 1.78. The summed E-state index contributed by atoms with van der Waals surface area (Å²) in [5, 5.41) is 6.65. The summed E-state index contributed by atoms with van der Waals surface area (Å²) >= 11 is 5.77. The average Bonchev–Trinajstić information content (AvgIpc) is 2.81. The van der Waals surface area contributed by atoms with Crippen molar-refractivity contribution in [2.24, 2.45) is 4.99 Å². The number of amides is 1. The number of guanidine groups is 1. The van der Waals surface area contributed by atoms with Crippen LogP contribution in [-0.2, 0) is 0 Å². The van der Waals surface area contributed by atoms with Crippen LogP contribution in [0, 0.1) is 0 Å². The van der Waals surface area contributed by atoms with Crippen LogP contribution in [0.15, 0.2) is 29.3 Å². The molecule has 0 fully saturated rings. The Morgan fingerprint density at radius 1 is 1.35 bits per heavy atom. The zero-order chi connectivity index (χ0) is 13.7. The number of hydrogen-bond acceptors (Lipinski definition) is 4. The summed E-state index contributed by atoms with van der Waals surface area (Å²) in [6, 6.07) is 6.83. The van der Waals surface area contributed by atoms with Crippen LogP contribution < -0.4 is 10.6 Å². The molecule has 0 radical (unpaired) electrons. The SMILES string of the molecule is CN1CCN=C1NCCNC(=O)c1ccc(Cl)cc1.I. The van der Waals surface area contributed by atoms with Crippen molar-refractivity contribution in [3.63, 3.8) is 0 Å². The Bertz CT molecular complexity index is 478. The van der Waals surface area contributed by atoms with Crippen LogP contribution in [0.4, 0.5) is 0 Å². The Morgan fingerprint density at radius 2 is 2.05 bits per heavy atom. The molecule has 2 N–H and O–H groups in total. The van der Waals surface area contributed by atoms with Crippen molar-refractivity contribution in [1.82, 2.24) is 15.5 Å². The van der Waals surface area contributed by atoms with Gasteiger partial charge in [-0.3, -0.25) is 9.79 Å². The van der Waals surface area contributed by atoms with Gasteiger partial charge in [-0.2, -0.15) is 0 Å². The molecule has 20 heavy (non-hydrogen) atoms. The van der Waals surface area contributed by atoms with Crippen LogP contribution in [0.2, 0.25) is 5.02 Å². The number of benzene rings is 1. The second-order valence-electron chi connectivity index (χ2n) is 4.32. The zero-order valence-corrected chi connectivity index (χ0v) is 14.3. The molecule has 1 aromatic rings. The fraction of sp³-hybridized carbons (Fsp3) is 0.385. The van der Waals surface area contributed by atoms with E-state index in [1.165, 1.54) is 0 Å². The highest BCUT2D eigenvalue weighted by atomic mass is 127. The molecule has 0 aliphatic carbocycles.